The van der Waals surface area contributed by atoms with Gasteiger partial charge in [-0.1, -0.05) is 6.92 Å². The minimum atomic E-state index is -2.19. The fourth-order valence-corrected chi connectivity index (χ4v) is 1.49. The fourth-order valence-electron chi connectivity index (χ4n) is 0.166. The molecular weight excluding hydrogens is 171 g/mol. The molecule has 44 valence electrons. The van der Waals surface area contributed by atoms with Crippen LogP contribution in [-0.2, 0) is 0 Å². The monoisotopic (exact) mass is 178 g/mol. The van der Waals surface area contributed by atoms with Crippen LogP contribution in [-0.4, -0.2) is 43.5 Å². The first-order chi connectivity index (χ1) is 3.27. The summed E-state index contributed by atoms with van der Waals surface area (Å²) in [6.07, 6.45) is 0.925. The second-order valence-electron chi connectivity index (χ2n) is 1.06. The van der Waals surface area contributed by atoms with E-state index in [-0.39, 0.29) is 37.7 Å². The Bertz CT molecular complexity index is 46.3. The van der Waals surface area contributed by atoms with Gasteiger partial charge in [0.2, 0.25) is 0 Å². The van der Waals surface area contributed by atoms with Crippen molar-refractivity contribution < 1.29 is 9.79 Å². The zero-order valence-electron chi connectivity index (χ0n) is 4.79. The quantitative estimate of drug-likeness (QED) is 0.440. The maximum atomic E-state index is 9.76. The molecule has 0 aromatic rings. The Labute approximate surface area is 84.7 Å². The Morgan fingerprint density at radius 3 is 2.12 bits per heavy atom. The molecule has 0 atom stereocenters. The molecule has 8 heavy (non-hydrogen) atoms. The summed E-state index contributed by atoms with van der Waals surface area (Å²) in [5, 5.41) is 0. The molecular formula is C3H7CaO2PS. The molecule has 0 saturated carbocycles. The molecule has 0 radical (unpaired) electrons. The van der Waals surface area contributed by atoms with Crippen molar-refractivity contribution in [2.24, 2.45) is 0 Å². The van der Waals surface area contributed by atoms with E-state index in [4.69, 9.17) is 0 Å². The molecule has 0 aliphatic rings. The summed E-state index contributed by atoms with van der Waals surface area (Å²) >= 11 is 0.985. The van der Waals surface area contributed by atoms with Crippen molar-refractivity contribution in [2.45, 2.75) is 13.3 Å². The fraction of sp³-hybridized carbons (Fsp3) is 1.00. The Morgan fingerprint density at radius 1 is 1.50 bits per heavy atom. The van der Waals surface area contributed by atoms with Crippen LogP contribution in [0.3, 0.4) is 0 Å². The zero-order valence-corrected chi connectivity index (χ0v) is 8.71. The van der Waals surface area contributed by atoms with E-state index in [1.807, 2.05) is 6.92 Å². The van der Waals surface area contributed by atoms with E-state index in [0.717, 1.165) is 23.6 Å². The molecule has 0 unspecified atom stereocenters. The molecule has 0 fully saturated rings. The van der Waals surface area contributed by atoms with Crippen molar-refractivity contribution in [2.75, 3.05) is 5.75 Å². The summed E-state index contributed by atoms with van der Waals surface area (Å²) in [5.74, 6) is 0.721. The number of hydrogen-bond acceptors (Lipinski definition) is 3. The number of hydrogen-bond donors (Lipinski definition) is 0. The van der Waals surface area contributed by atoms with E-state index in [1.165, 1.54) is 0 Å². The van der Waals surface area contributed by atoms with Crippen LogP contribution in [0.25, 0.3) is 0 Å². The molecule has 5 heteroatoms. The zero-order chi connectivity index (χ0) is 5.70. The third-order valence-electron chi connectivity index (χ3n) is 0.401. The summed E-state index contributed by atoms with van der Waals surface area (Å²) in [6, 6.07) is 0. The molecule has 0 rings (SSSR count). The van der Waals surface area contributed by atoms with Crippen LogP contribution >= 0.6 is 19.0 Å². The van der Waals surface area contributed by atoms with Gasteiger partial charge < -0.3 is 9.79 Å². The molecule has 0 amide bonds. The first kappa shape index (κ1) is 12.6. The molecule has 0 aliphatic heterocycles. The molecule has 0 aromatic heterocycles. The van der Waals surface area contributed by atoms with Crippen LogP contribution in [0.4, 0.5) is 0 Å². The smallest absolute Gasteiger partial charge is 0.834 e. The van der Waals surface area contributed by atoms with Crippen LogP contribution in [0.2, 0.25) is 0 Å². The van der Waals surface area contributed by atoms with E-state index >= 15 is 0 Å². The maximum Gasteiger partial charge on any atom is 2.00 e. The van der Waals surface area contributed by atoms with Crippen molar-refractivity contribution in [1.29, 1.82) is 0 Å². The average molecular weight is 178 g/mol. The summed E-state index contributed by atoms with van der Waals surface area (Å²) in [4.78, 5) is 19.5. The molecule has 0 aromatic carbocycles. The largest absolute Gasteiger partial charge is 2.00 e. The predicted molar refractivity (Wildman–Crippen MR) is 35.4 cm³/mol. The van der Waals surface area contributed by atoms with Gasteiger partial charge in [0, 0.05) is 0 Å². The van der Waals surface area contributed by atoms with Gasteiger partial charge in [-0.2, -0.15) is 11.4 Å². The Hall–Kier alpha value is 1.96. The normalized spacial score (nSPS) is 9.00. The second-order valence-corrected chi connectivity index (χ2v) is 3.84. The van der Waals surface area contributed by atoms with E-state index in [2.05, 4.69) is 0 Å². The Kier molecular flexibility index (Phi) is 14.1. The van der Waals surface area contributed by atoms with Gasteiger partial charge in [-0.25, -0.2) is 7.58 Å². The first-order valence-electron chi connectivity index (χ1n) is 2.04. The van der Waals surface area contributed by atoms with Crippen molar-refractivity contribution in [3.8, 4) is 0 Å². The van der Waals surface area contributed by atoms with Crippen molar-refractivity contribution in [1.82, 2.24) is 0 Å². The van der Waals surface area contributed by atoms with Gasteiger partial charge in [0.1, 0.15) is 0 Å². The standard InChI is InChI=1S/C3H7O2PS.Ca/c1-2-3-7-6(4)5;/h2-3H2,1H3;/q-2;+2. The van der Waals surface area contributed by atoms with E-state index < -0.39 is 7.58 Å². The topological polar surface area (TPSA) is 46.1 Å². The molecule has 0 spiro atoms. The second kappa shape index (κ2) is 8.96. The molecule has 2 nitrogen and oxygen atoms in total. The van der Waals surface area contributed by atoms with Crippen molar-refractivity contribution >= 4 is 56.7 Å². The molecule has 0 aliphatic carbocycles. The molecule has 0 heterocycles. The van der Waals surface area contributed by atoms with E-state index in [0.29, 0.717) is 0 Å². The summed E-state index contributed by atoms with van der Waals surface area (Å²) in [5.41, 5.74) is 0. The van der Waals surface area contributed by atoms with Gasteiger partial charge in [-0.15, -0.1) is 0 Å². The molecule has 0 N–H and O–H groups in total. The Morgan fingerprint density at radius 2 is 2.00 bits per heavy atom. The maximum absolute atomic E-state index is 9.76. The van der Waals surface area contributed by atoms with Crippen LogP contribution in [0.1, 0.15) is 13.3 Å². The summed E-state index contributed by atoms with van der Waals surface area (Å²) < 4.78 is 0. The van der Waals surface area contributed by atoms with Gasteiger partial charge >= 0.3 is 37.7 Å². The Balaban J connectivity index is 0. The van der Waals surface area contributed by atoms with Gasteiger partial charge in [0.15, 0.2) is 0 Å². The predicted octanol–water partition coefficient (Wildman–Crippen LogP) is -0.304. The van der Waals surface area contributed by atoms with Crippen LogP contribution in [0, 0.1) is 0 Å². The van der Waals surface area contributed by atoms with Crippen LogP contribution < -0.4 is 9.79 Å². The third kappa shape index (κ3) is 10.9. The third-order valence-corrected chi connectivity index (χ3v) is 2.38. The van der Waals surface area contributed by atoms with Crippen LogP contribution in [0.5, 0.6) is 0 Å². The molecule has 0 saturated heterocycles. The number of rotatable bonds is 3. The van der Waals surface area contributed by atoms with Crippen molar-refractivity contribution in [3.63, 3.8) is 0 Å². The van der Waals surface area contributed by atoms with Gasteiger partial charge in [0.25, 0.3) is 0 Å². The summed E-state index contributed by atoms with van der Waals surface area (Å²) in [7, 11) is -2.19. The SMILES string of the molecule is CCCSP([O-])[O-].[Ca+2]. The van der Waals surface area contributed by atoms with E-state index in [9.17, 15) is 9.79 Å². The van der Waals surface area contributed by atoms with Gasteiger partial charge in [-0.05, 0) is 12.2 Å². The van der Waals surface area contributed by atoms with Crippen molar-refractivity contribution in [3.05, 3.63) is 0 Å². The van der Waals surface area contributed by atoms with Gasteiger partial charge in [-0.3, -0.25) is 0 Å². The minimum absolute atomic E-state index is 0. The van der Waals surface area contributed by atoms with Crippen LogP contribution in [0.15, 0.2) is 0 Å². The first-order valence-corrected chi connectivity index (χ1v) is 4.81. The molecule has 0 bridgehead atoms. The van der Waals surface area contributed by atoms with Gasteiger partial charge in [0.05, 0.1) is 0 Å². The summed E-state index contributed by atoms with van der Waals surface area (Å²) in [6.45, 7) is 1.95. The average Bonchev–Trinajstić information content (AvgIpc) is 1.61. The van der Waals surface area contributed by atoms with E-state index in [1.54, 1.807) is 0 Å². The minimum Gasteiger partial charge on any atom is -0.834 e.